The number of benzene rings is 1. The number of nitrogens with zero attached hydrogens (tertiary/aromatic N) is 4. The molecule has 3 amide bonds. The summed E-state index contributed by atoms with van der Waals surface area (Å²) in [6.07, 6.45) is 1.61. The molecule has 3 heterocycles. The van der Waals surface area contributed by atoms with Gasteiger partial charge in [-0.25, -0.2) is 19.7 Å². The number of amides is 3. The first-order chi connectivity index (χ1) is 13.0. The molecular formula is C19H22N6O2. The van der Waals surface area contributed by atoms with Crippen LogP contribution in [0.5, 0.6) is 0 Å². The zero-order chi connectivity index (χ0) is 19.0. The standard InChI is InChI=1S/C19H22N6O2/c1-13-12-24(11-10-23(13)2)22-19(27)25-16-8-4-3-6-14(16)18(26)21-15-7-5-9-20-17(15)25/h3-9,13H,10-12H2,1-2H3,(H,21,26)(H,22,27). The number of hydrogen-bond acceptors (Lipinski definition) is 5. The van der Waals surface area contributed by atoms with E-state index in [0.29, 0.717) is 28.8 Å². The number of para-hydroxylation sites is 1. The molecule has 1 fully saturated rings. The molecule has 27 heavy (non-hydrogen) atoms. The summed E-state index contributed by atoms with van der Waals surface area (Å²) >= 11 is 0. The highest BCUT2D eigenvalue weighted by Gasteiger charge is 2.32. The molecule has 4 rings (SSSR count). The molecule has 2 aliphatic heterocycles. The van der Waals surface area contributed by atoms with Gasteiger partial charge in [-0.3, -0.25) is 10.2 Å². The molecule has 0 radical (unpaired) electrons. The van der Waals surface area contributed by atoms with Crippen LogP contribution >= 0.6 is 0 Å². The Kier molecular flexibility index (Phi) is 4.51. The molecular weight excluding hydrogens is 344 g/mol. The first-order valence-electron chi connectivity index (χ1n) is 8.96. The van der Waals surface area contributed by atoms with Crippen LogP contribution in [0.1, 0.15) is 17.3 Å². The van der Waals surface area contributed by atoms with E-state index in [1.54, 1.807) is 42.6 Å². The lowest BCUT2D eigenvalue weighted by Gasteiger charge is -2.38. The van der Waals surface area contributed by atoms with Gasteiger partial charge < -0.3 is 10.2 Å². The first kappa shape index (κ1) is 17.4. The van der Waals surface area contributed by atoms with Gasteiger partial charge in [0.15, 0.2) is 5.82 Å². The fraction of sp³-hybridized carbons (Fsp3) is 0.316. The number of hydrazine groups is 1. The van der Waals surface area contributed by atoms with Crippen molar-refractivity contribution in [2.75, 3.05) is 36.9 Å². The number of aromatic nitrogens is 1. The van der Waals surface area contributed by atoms with Crippen LogP contribution in [-0.4, -0.2) is 59.6 Å². The normalized spacial score (nSPS) is 20.3. The summed E-state index contributed by atoms with van der Waals surface area (Å²) in [6, 6.07) is 10.5. The number of piperazine rings is 1. The zero-order valence-electron chi connectivity index (χ0n) is 15.3. The van der Waals surface area contributed by atoms with E-state index in [4.69, 9.17) is 0 Å². The Balaban J connectivity index is 1.70. The number of anilines is 3. The van der Waals surface area contributed by atoms with Gasteiger partial charge >= 0.3 is 6.03 Å². The Bertz CT molecular complexity index is 886. The first-order valence-corrected chi connectivity index (χ1v) is 8.96. The Hall–Kier alpha value is -2.97. The number of urea groups is 1. The molecule has 0 aliphatic carbocycles. The third kappa shape index (κ3) is 3.24. The predicted octanol–water partition coefficient (Wildman–Crippen LogP) is 2.05. The molecule has 1 unspecified atom stereocenters. The van der Waals surface area contributed by atoms with E-state index in [2.05, 4.69) is 34.6 Å². The summed E-state index contributed by atoms with van der Waals surface area (Å²) in [5, 5.41) is 4.75. The summed E-state index contributed by atoms with van der Waals surface area (Å²) in [5.41, 5.74) is 4.41. The van der Waals surface area contributed by atoms with E-state index < -0.39 is 0 Å². The molecule has 1 saturated heterocycles. The van der Waals surface area contributed by atoms with Crippen LogP contribution in [0.3, 0.4) is 0 Å². The van der Waals surface area contributed by atoms with Gasteiger partial charge in [0, 0.05) is 31.9 Å². The van der Waals surface area contributed by atoms with Crippen molar-refractivity contribution >= 4 is 29.1 Å². The Labute approximate surface area is 157 Å². The van der Waals surface area contributed by atoms with E-state index >= 15 is 0 Å². The molecule has 1 atom stereocenters. The summed E-state index contributed by atoms with van der Waals surface area (Å²) in [6.45, 7) is 4.45. The van der Waals surface area contributed by atoms with Crippen molar-refractivity contribution in [1.82, 2.24) is 20.3 Å². The van der Waals surface area contributed by atoms with Crippen molar-refractivity contribution in [1.29, 1.82) is 0 Å². The molecule has 0 bridgehead atoms. The maximum absolute atomic E-state index is 13.2. The van der Waals surface area contributed by atoms with Gasteiger partial charge in [0.25, 0.3) is 5.91 Å². The van der Waals surface area contributed by atoms with E-state index in [0.717, 1.165) is 19.6 Å². The van der Waals surface area contributed by atoms with Gasteiger partial charge in [0.2, 0.25) is 0 Å². The van der Waals surface area contributed by atoms with Crippen molar-refractivity contribution in [2.45, 2.75) is 13.0 Å². The minimum atomic E-state index is -0.337. The topological polar surface area (TPSA) is 80.8 Å². The SMILES string of the molecule is CC1CN(NC(=O)N2c3ccccc3C(=O)Nc3cccnc32)CCN1C. The van der Waals surface area contributed by atoms with Crippen molar-refractivity contribution in [3.63, 3.8) is 0 Å². The molecule has 8 heteroatoms. The molecule has 140 valence electrons. The van der Waals surface area contributed by atoms with Gasteiger partial charge in [0.05, 0.1) is 16.9 Å². The number of hydrogen-bond donors (Lipinski definition) is 2. The summed E-state index contributed by atoms with van der Waals surface area (Å²) in [4.78, 5) is 33.9. The second-order valence-electron chi connectivity index (χ2n) is 6.87. The van der Waals surface area contributed by atoms with Crippen molar-refractivity contribution < 1.29 is 9.59 Å². The highest BCUT2D eigenvalue weighted by atomic mass is 16.2. The Morgan fingerprint density at radius 2 is 2.04 bits per heavy atom. The third-order valence-corrected chi connectivity index (χ3v) is 5.05. The largest absolute Gasteiger partial charge is 0.342 e. The monoisotopic (exact) mass is 366 g/mol. The van der Waals surface area contributed by atoms with Gasteiger partial charge in [0.1, 0.15) is 0 Å². The van der Waals surface area contributed by atoms with Crippen LogP contribution in [0, 0.1) is 0 Å². The van der Waals surface area contributed by atoms with Crippen molar-refractivity contribution in [3.8, 4) is 0 Å². The molecule has 0 spiro atoms. The number of carbonyl (C=O) groups excluding carboxylic acids is 2. The Morgan fingerprint density at radius 1 is 1.22 bits per heavy atom. The van der Waals surface area contributed by atoms with E-state index in [1.807, 2.05) is 5.01 Å². The lowest BCUT2D eigenvalue weighted by atomic mass is 10.1. The predicted molar refractivity (Wildman–Crippen MR) is 103 cm³/mol. The lowest BCUT2D eigenvalue weighted by molar-refractivity contribution is 0.0765. The van der Waals surface area contributed by atoms with Gasteiger partial charge in [-0.2, -0.15) is 0 Å². The van der Waals surface area contributed by atoms with E-state index in [9.17, 15) is 9.59 Å². The minimum absolute atomic E-state index is 0.261. The number of pyridine rings is 1. The third-order valence-electron chi connectivity index (χ3n) is 5.05. The van der Waals surface area contributed by atoms with Crippen molar-refractivity contribution in [2.24, 2.45) is 0 Å². The highest BCUT2D eigenvalue weighted by Crippen LogP contribution is 2.36. The molecule has 1 aromatic heterocycles. The van der Waals surface area contributed by atoms with Crippen molar-refractivity contribution in [3.05, 3.63) is 48.2 Å². The molecule has 8 nitrogen and oxygen atoms in total. The summed E-state index contributed by atoms with van der Waals surface area (Å²) in [5.74, 6) is 0.138. The second-order valence-corrected chi connectivity index (χ2v) is 6.87. The van der Waals surface area contributed by atoms with E-state index in [1.165, 1.54) is 4.90 Å². The van der Waals surface area contributed by atoms with Gasteiger partial charge in [-0.15, -0.1) is 0 Å². The van der Waals surface area contributed by atoms with Gasteiger partial charge in [-0.05, 0) is 38.2 Å². The van der Waals surface area contributed by atoms with Crippen LogP contribution in [0.15, 0.2) is 42.6 Å². The maximum Gasteiger partial charge on any atom is 0.342 e. The average Bonchev–Trinajstić information content (AvgIpc) is 2.79. The molecule has 2 N–H and O–H groups in total. The van der Waals surface area contributed by atoms with Gasteiger partial charge in [-0.1, -0.05) is 12.1 Å². The van der Waals surface area contributed by atoms with Crippen LogP contribution in [0.4, 0.5) is 22.0 Å². The number of rotatable bonds is 1. The lowest BCUT2D eigenvalue weighted by Crippen LogP contribution is -2.58. The molecule has 2 aliphatic rings. The maximum atomic E-state index is 13.2. The highest BCUT2D eigenvalue weighted by molar-refractivity contribution is 6.16. The molecule has 1 aromatic carbocycles. The second kappa shape index (κ2) is 6.98. The number of carbonyl (C=O) groups is 2. The smallest absolute Gasteiger partial charge is 0.319 e. The van der Waals surface area contributed by atoms with Crippen LogP contribution in [0.25, 0.3) is 0 Å². The fourth-order valence-electron chi connectivity index (χ4n) is 3.38. The number of likely N-dealkylation sites (N-methyl/N-ethyl adjacent to an activating group) is 1. The van der Waals surface area contributed by atoms with Crippen LogP contribution in [0.2, 0.25) is 0 Å². The summed E-state index contributed by atoms with van der Waals surface area (Å²) in [7, 11) is 2.08. The van der Waals surface area contributed by atoms with Crippen LogP contribution < -0.4 is 15.6 Å². The minimum Gasteiger partial charge on any atom is -0.319 e. The quantitative estimate of drug-likeness (QED) is 0.807. The Morgan fingerprint density at radius 3 is 2.85 bits per heavy atom. The summed E-state index contributed by atoms with van der Waals surface area (Å²) < 4.78 is 0. The van der Waals surface area contributed by atoms with Crippen LogP contribution in [-0.2, 0) is 0 Å². The fourth-order valence-corrected chi connectivity index (χ4v) is 3.38. The number of fused-ring (bicyclic) bond motifs is 2. The average molecular weight is 366 g/mol. The number of nitrogens with one attached hydrogen (secondary N) is 2. The molecule has 0 saturated carbocycles. The molecule has 2 aromatic rings. The zero-order valence-corrected chi connectivity index (χ0v) is 15.3. The van der Waals surface area contributed by atoms with E-state index in [-0.39, 0.29) is 11.9 Å².